The van der Waals surface area contributed by atoms with Crippen molar-refractivity contribution in [2.24, 2.45) is 11.8 Å². The first kappa shape index (κ1) is 96.5. The number of hydrogen-bond acceptors (Lipinski definition) is 15. The van der Waals surface area contributed by atoms with E-state index >= 15 is 0 Å². The van der Waals surface area contributed by atoms with E-state index in [2.05, 4.69) is 65.8 Å². The second-order valence-electron chi connectivity index (χ2n) is 29.1. The standard InChI is InChI=1S/C80H152O17P2/c1-7-9-11-13-15-17-18-19-24-28-34-39-45-51-57-63-78(83)91-69-76(97-79(84)64-58-52-46-40-35-29-26-23-21-20-22-25-27-32-37-42-48-54-60-72(3)4)71-95-99(88,89)93-67-74(81)66-92-98(86,87)94-70-75(68-90-77(82)62-56-50-44-16-14-12-10-8-2)96-80(85)65-59-53-47-41-36-31-30-33-38-43-49-55-61-73(5)6/h17-19,24,72-76,81H,7-16,20-23,25-71H2,1-6H3,(H,86,87)(H,88,89)/b18-17-,24-19-/t74-,75+,76+/m0/s1. The summed E-state index contributed by atoms with van der Waals surface area (Å²) in [5.74, 6) is -0.549. The van der Waals surface area contributed by atoms with Crippen molar-refractivity contribution in [3.63, 3.8) is 0 Å². The first-order valence-corrected chi connectivity index (χ1v) is 43.8. The topological polar surface area (TPSA) is 237 Å². The molecule has 0 aliphatic carbocycles. The van der Waals surface area contributed by atoms with Gasteiger partial charge in [-0.05, 0) is 63.2 Å². The lowest BCUT2D eigenvalue weighted by Crippen LogP contribution is -2.30. The summed E-state index contributed by atoms with van der Waals surface area (Å²) < 4.78 is 68.5. The molecule has 0 rings (SSSR count). The van der Waals surface area contributed by atoms with Crippen molar-refractivity contribution in [2.75, 3.05) is 39.6 Å². The highest BCUT2D eigenvalue weighted by molar-refractivity contribution is 7.47. The van der Waals surface area contributed by atoms with Crippen LogP contribution in [-0.2, 0) is 65.4 Å². The molecule has 3 N–H and O–H groups in total. The van der Waals surface area contributed by atoms with Crippen LogP contribution in [0.25, 0.3) is 0 Å². The third kappa shape index (κ3) is 73.6. The summed E-state index contributed by atoms with van der Waals surface area (Å²) in [6.45, 7) is 9.57. The van der Waals surface area contributed by atoms with Crippen molar-refractivity contribution in [3.05, 3.63) is 24.3 Å². The molecular formula is C80H152O17P2. The zero-order valence-corrected chi connectivity index (χ0v) is 66.1. The molecule has 0 aliphatic heterocycles. The molecule has 0 spiro atoms. The Balaban J connectivity index is 5.22. The predicted molar refractivity (Wildman–Crippen MR) is 404 cm³/mol. The molecule has 0 aliphatic rings. The van der Waals surface area contributed by atoms with Gasteiger partial charge in [-0.1, -0.05) is 342 Å². The van der Waals surface area contributed by atoms with Gasteiger partial charge in [0.2, 0.25) is 0 Å². The van der Waals surface area contributed by atoms with Crippen LogP contribution in [0.15, 0.2) is 24.3 Å². The van der Waals surface area contributed by atoms with Crippen LogP contribution in [0.3, 0.4) is 0 Å². The van der Waals surface area contributed by atoms with E-state index in [0.29, 0.717) is 25.7 Å². The number of phosphoric acid groups is 2. The number of carbonyl (C=O) groups excluding carboxylic acids is 4. The van der Waals surface area contributed by atoms with Crippen LogP contribution in [0.2, 0.25) is 0 Å². The molecule has 2 unspecified atom stereocenters. The van der Waals surface area contributed by atoms with Crippen LogP contribution in [0, 0.1) is 11.8 Å². The van der Waals surface area contributed by atoms with Crippen LogP contribution in [0.1, 0.15) is 395 Å². The molecule has 0 fully saturated rings. The fourth-order valence-corrected chi connectivity index (χ4v) is 13.4. The molecule has 584 valence electrons. The Morgan fingerprint density at radius 1 is 0.313 bits per heavy atom. The van der Waals surface area contributed by atoms with Gasteiger partial charge >= 0.3 is 39.5 Å². The van der Waals surface area contributed by atoms with Crippen LogP contribution >= 0.6 is 15.6 Å². The van der Waals surface area contributed by atoms with Gasteiger partial charge in [-0.2, -0.15) is 0 Å². The average molecular weight is 1450 g/mol. The molecule has 0 saturated heterocycles. The summed E-state index contributed by atoms with van der Waals surface area (Å²) in [6, 6.07) is 0. The van der Waals surface area contributed by atoms with E-state index in [1.165, 1.54) is 186 Å². The zero-order chi connectivity index (χ0) is 72.8. The molecule has 0 saturated carbocycles. The Morgan fingerprint density at radius 3 is 0.828 bits per heavy atom. The van der Waals surface area contributed by atoms with E-state index in [4.69, 9.17) is 37.0 Å². The number of phosphoric ester groups is 2. The van der Waals surface area contributed by atoms with E-state index in [-0.39, 0.29) is 25.7 Å². The highest BCUT2D eigenvalue weighted by atomic mass is 31.2. The van der Waals surface area contributed by atoms with Gasteiger partial charge < -0.3 is 33.8 Å². The van der Waals surface area contributed by atoms with Gasteiger partial charge in [0.25, 0.3) is 0 Å². The number of ether oxygens (including phenoxy) is 4. The third-order valence-corrected chi connectivity index (χ3v) is 20.0. The van der Waals surface area contributed by atoms with Gasteiger partial charge in [-0.25, -0.2) is 9.13 Å². The molecule has 17 nitrogen and oxygen atoms in total. The van der Waals surface area contributed by atoms with Crippen molar-refractivity contribution in [1.29, 1.82) is 0 Å². The van der Waals surface area contributed by atoms with Gasteiger partial charge in [-0.15, -0.1) is 0 Å². The molecule has 5 atom stereocenters. The van der Waals surface area contributed by atoms with Crippen LogP contribution in [0.4, 0.5) is 0 Å². The number of allylic oxidation sites excluding steroid dienone is 4. The highest BCUT2D eigenvalue weighted by Gasteiger charge is 2.30. The Kier molecular flexibility index (Phi) is 69.4. The molecule has 0 heterocycles. The van der Waals surface area contributed by atoms with Crippen molar-refractivity contribution in [2.45, 2.75) is 413 Å². The van der Waals surface area contributed by atoms with Crippen molar-refractivity contribution >= 4 is 39.5 Å². The molecule has 0 bridgehead atoms. The quantitative estimate of drug-likeness (QED) is 0.0169. The maximum atomic E-state index is 13.1. The first-order chi connectivity index (χ1) is 47.9. The normalized spacial score (nSPS) is 14.1. The van der Waals surface area contributed by atoms with E-state index in [9.17, 15) is 43.2 Å². The SMILES string of the molecule is CCCCCC/C=C\C=C/CCCCCCCC(=O)OC[C@H](COP(=O)(O)OC[C@@H](O)COP(=O)(O)OC[C@@H](COC(=O)CCCCCCCCCC)OC(=O)CCCCCCCCCCCCCCC(C)C)OC(=O)CCCCCCCCCCCCCCCCCCCCC(C)C. The molecule has 0 aromatic carbocycles. The summed E-state index contributed by atoms with van der Waals surface area (Å²) in [4.78, 5) is 72.8. The van der Waals surface area contributed by atoms with Gasteiger partial charge in [0.05, 0.1) is 26.4 Å². The molecule has 19 heteroatoms. The maximum Gasteiger partial charge on any atom is 0.472 e. The minimum Gasteiger partial charge on any atom is -0.462 e. The Hall–Kier alpha value is -2.46. The number of unbranched alkanes of at least 4 members (excludes halogenated alkanes) is 44. The third-order valence-electron chi connectivity index (χ3n) is 18.1. The lowest BCUT2D eigenvalue weighted by molar-refractivity contribution is -0.161. The van der Waals surface area contributed by atoms with Crippen molar-refractivity contribution in [3.8, 4) is 0 Å². The summed E-state index contributed by atoms with van der Waals surface area (Å²) in [5.41, 5.74) is 0. The van der Waals surface area contributed by atoms with E-state index < -0.39 is 97.5 Å². The Labute approximate surface area is 605 Å². The minimum atomic E-state index is -4.97. The van der Waals surface area contributed by atoms with E-state index in [0.717, 1.165) is 127 Å². The lowest BCUT2D eigenvalue weighted by Gasteiger charge is -2.21. The number of hydrogen-bond donors (Lipinski definition) is 3. The highest BCUT2D eigenvalue weighted by Crippen LogP contribution is 2.45. The fourth-order valence-electron chi connectivity index (χ4n) is 11.8. The Morgan fingerprint density at radius 2 is 0.545 bits per heavy atom. The van der Waals surface area contributed by atoms with Crippen molar-refractivity contribution < 1.29 is 80.2 Å². The summed E-state index contributed by atoms with van der Waals surface area (Å²) in [5, 5.41) is 10.6. The second kappa shape index (κ2) is 71.2. The number of aliphatic hydroxyl groups excluding tert-OH is 1. The predicted octanol–water partition coefficient (Wildman–Crippen LogP) is 23.4. The lowest BCUT2D eigenvalue weighted by atomic mass is 10.0. The second-order valence-corrected chi connectivity index (χ2v) is 32.0. The van der Waals surface area contributed by atoms with Crippen LogP contribution in [0.5, 0.6) is 0 Å². The fraction of sp³-hybridized carbons (Fsp3) is 0.900. The molecular weight excluding hydrogens is 1290 g/mol. The maximum absolute atomic E-state index is 13.1. The van der Waals surface area contributed by atoms with Crippen molar-refractivity contribution in [1.82, 2.24) is 0 Å². The van der Waals surface area contributed by atoms with Gasteiger partial charge in [-0.3, -0.25) is 37.3 Å². The molecule has 99 heavy (non-hydrogen) atoms. The number of carbonyl (C=O) groups is 4. The minimum absolute atomic E-state index is 0.101. The zero-order valence-electron chi connectivity index (χ0n) is 64.3. The summed E-state index contributed by atoms with van der Waals surface area (Å²) >= 11 is 0. The van der Waals surface area contributed by atoms with E-state index in [1.54, 1.807) is 0 Å². The van der Waals surface area contributed by atoms with E-state index in [1.807, 2.05) is 0 Å². The molecule has 0 radical (unpaired) electrons. The average Bonchev–Trinajstić information content (AvgIpc) is 1.00. The molecule has 0 amide bonds. The monoisotopic (exact) mass is 1450 g/mol. The number of esters is 4. The molecule has 0 aromatic heterocycles. The smallest absolute Gasteiger partial charge is 0.462 e. The van der Waals surface area contributed by atoms with Gasteiger partial charge in [0.1, 0.15) is 19.3 Å². The largest absolute Gasteiger partial charge is 0.472 e. The van der Waals surface area contributed by atoms with Gasteiger partial charge in [0, 0.05) is 25.7 Å². The van der Waals surface area contributed by atoms with Crippen LogP contribution in [-0.4, -0.2) is 96.7 Å². The summed E-state index contributed by atoms with van der Waals surface area (Å²) in [7, 11) is -9.93. The number of rotatable bonds is 77. The summed E-state index contributed by atoms with van der Waals surface area (Å²) in [6.07, 6.45) is 63.3. The van der Waals surface area contributed by atoms with Crippen LogP contribution < -0.4 is 0 Å². The number of aliphatic hydroxyl groups is 1. The Bertz CT molecular complexity index is 2000. The van der Waals surface area contributed by atoms with Gasteiger partial charge in [0.15, 0.2) is 12.2 Å². The first-order valence-electron chi connectivity index (χ1n) is 40.8. The molecule has 0 aromatic rings.